The van der Waals surface area contributed by atoms with Crippen LogP contribution in [0.1, 0.15) is 9.75 Å². The SMILES string of the molecule is COC(=O)Cc1ccc(CNc2ccc3[nH]ccc3c2)s1. The molecule has 0 aliphatic carbocycles. The summed E-state index contributed by atoms with van der Waals surface area (Å²) in [7, 11) is 1.41. The molecule has 0 saturated carbocycles. The molecular formula is C16H16N2O2S. The lowest BCUT2D eigenvalue weighted by molar-refractivity contribution is -0.139. The molecule has 0 amide bonds. The fourth-order valence-electron chi connectivity index (χ4n) is 2.18. The maximum absolute atomic E-state index is 11.2. The Morgan fingerprint density at radius 1 is 1.24 bits per heavy atom. The first-order valence-electron chi connectivity index (χ1n) is 6.70. The van der Waals surface area contributed by atoms with Gasteiger partial charge in [0.15, 0.2) is 0 Å². The molecular weight excluding hydrogens is 284 g/mol. The molecule has 0 fully saturated rings. The van der Waals surface area contributed by atoms with E-state index in [2.05, 4.69) is 39.3 Å². The Labute approximate surface area is 126 Å². The highest BCUT2D eigenvalue weighted by Crippen LogP contribution is 2.21. The monoisotopic (exact) mass is 300 g/mol. The highest BCUT2D eigenvalue weighted by atomic mass is 32.1. The van der Waals surface area contributed by atoms with E-state index in [-0.39, 0.29) is 5.97 Å². The first-order valence-corrected chi connectivity index (χ1v) is 7.51. The minimum Gasteiger partial charge on any atom is -0.469 e. The molecule has 1 aromatic carbocycles. The number of fused-ring (bicyclic) bond motifs is 1. The highest BCUT2D eigenvalue weighted by Gasteiger charge is 2.06. The summed E-state index contributed by atoms with van der Waals surface area (Å²) >= 11 is 1.63. The van der Waals surface area contributed by atoms with Gasteiger partial charge in [-0.3, -0.25) is 4.79 Å². The van der Waals surface area contributed by atoms with E-state index in [1.165, 1.54) is 17.4 Å². The van der Waals surface area contributed by atoms with Gasteiger partial charge in [-0.15, -0.1) is 11.3 Å². The van der Waals surface area contributed by atoms with Crippen molar-refractivity contribution >= 4 is 33.9 Å². The zero-order valence-corrected chi connectivity index (χ0v) is 12.5. The molecule has 0 atom stereocenters. The smallest absolute Gasteiger partial charge is 0.310 e. The van der Waals surface area contributed by atoms with Crippen molar-refractivity contribution in [2.75, 3.05) is 12.4 Å². The third kappa shape index (κ3) is 3.25. The summed E-state index contributed by atoms with van der Waals surface area (Å²) in [6, 6.07) is 12.3. The average Bonchev–Trinajstić information content (AvgIpc) is 3.13. The lowest BCUT2D eigenvalue weighted by Gasteiger charge is -2.04. The molecule has 0 aliphatic rings. The Hall–Kier alpha value is -2.27. The largest absolute Gasteiger partial charge is 0.469 e. The first kappa shape index (κ1) is 13.7. The van der Waals surface area contributed by atoms with Crippen molar-refractivity contribution in [3.63, 3.8) is 0 Å². The second-order valence-electron chi connectivity index (χ2n) is 4.75. The molecule has 108 valence electrons. The maximum atomic E-state index is 11.2. The van der Waals surface area contributed by atoms with Gasteiger partial charge < -0.3 is 15.0 Å². The molecule has 4 nitrogen and oxygen atoms in total. The number of anilines is 1. The van der Waals surface area contributed by atoms with E-state index in [1.807, 2.05) is 18.3 Å². The normalized spacial score (nSPS) is 10.7. The van der Waals surface area contributed by atoms with Gasteiger partial charge in [-0.2, -0.15) is 0 Å². The van der Waals surface area contributed by atoms with Crippen LogP contribution in [-0.2, 0) is 22.5 Å². The van der Waals surface area contributed by atoms with E-state index < -0.39 is 0 Å². The summed E-state index contributed by atoms with van der Waals surface area (Å²) in [4.78, 5) is 16.6. The number of aromatic amines is 1. The minimum atomic E-state index is -0.200. The Balaban J connectivity index is 1.63. The number of hydrogen-bond donors (Lipinski definition) is 2. The third-order valence-corrected chi connectivity index (χ3v) is 4.37. The van der Waals surface area contributed by atoms with Crippen LogP contribution in [0.5, 0.6) is 0 Å². The molecule has 0 spiro atoms. The average molecular weight is 300 g/mol. The number of benzene rings is 1. The second kappa shape index (κ2) is 6.01. The molecule has 0 aliphatic heterocycles. The van der Waals surface area contributed by atoms with E-state index in [0.29, 0.717) is 6.42 Å². The molecule has 0 saturated heterocycles. The van der Waals surface area contributed by atoms with Crippen molar-refractivity contribution in [1.82, 2.24) is 4.98 Å². The second-order valence-corrected chi connectivity index (χ2v) is 6.01. The molecule has 0 unspecified atom stereocenters. The van der Waals surface area contributed by atoms with E-state index >= 15 is 0 Å². The number of esters is 1. The number of ether oxygens (including phenoxy) is 1. The Morgan fingerprint density at radius 2 is 2.10 bits per heavy atom. The quantitative estimate of drug-likeness (QED) is 0.708. The molecule has 0 radical (unpaired) electrons. The lowest BCUT2D eigenvalue weighted by Crippen LogP contribution is -2.02. The lowest BCUT2D eigenvalue weighted by atomic mass is 10.2. The fraction of sp³-hybridized carbons (Fsp3) is 0.188. The Kier molecular flexibility index (Phi) is 3.92. The van der Waals surface area contributed by atoms with Crippen LogP contribution in [0, 0.1) is 0 Å². The van der Waals surface area contributed by atoms with E-state index in [9.17, 15) is 4.79 Å². The summed E-state index contributed by atoms with van der Waals surface area (Å²) < 4.78 is 4.68. The highest BCUT2D eigenvalue weighted by molar-refractivity contribution is 7.12. The Bertz CT molecular complexity index is 760. The van der Waals surface area contributed by atoms with Crippen molar-refractivity contribution in [3.05, 3.63) is 52.3 Å². The van der Waals surface area contributed by atoms with Gasteiger partial charge >= 0.3 is 5.97 Å². The van der Waals surface area contributed by atoms with Crippen LogP contribution in [0.3, 0.4) is 0 Å². The van der Waals surface area contributed by atoms with E-state index in [1.54, 1.807) is 11.3 Å². The van der Waals surface area contributed by atoms with Crippen molar-refractivity contribution < 1.29 is 9.53 Å². The number of methoxy groups -OCH3 is 1. The van der Waals surface area contributed by atoms with Crippen LogP contribution in [-0.4, -0.2) is 18.1 Å². The van der Waals surface area contributed by atoms with Crippen LogP contribution in [0.15, 0.2) is 42.6 Å². The predicted octanol–water partition coefficient (Wildman–Crippen LogP) is 3.56. The molecule has 21 heavy (non-hydrogen) atoms. The van der Waals surface area contributed by atoms with E-state index in [4.69, 9.17) is 0 Å². The molecule has 2 heterocycles. The zero-order valence-electron chi connectivity index (χ0n) is 11.7. The molecule has 5 heteroatoms. The van der Waals surface area contributed by atoms with Crippen molar-refractivity contribution in [2.24, 2.45) is 0 Å². The van der Waals surface area contributed by atoms with Crippen molar-refractivity contribution in [2.45, 2.75) is 13.0 Å². The van der Waals surface area contributed by atoms with Crippen LogP contribution in [0.2, 0.25) is 0 Å². The number of rotatable bonds is 5. The number of hydrogen-bond acceptors (Lipinski definition) is 4. The maximum Gasteiger partial charge on any atom is 0.310 e. The van der Waals surface area contributed by atoms with Crippen LogP contribution >= 0.6 is 11.3 Å². The fourth-order valence-corrected chi connectivity index (χ4v) is 3.12. The number of nitrogens with one attached hydrogen (secondary N) is 2. The number of carbonyl (C=O) groups excluding carboxylic acids is 1. The first-order chi connectivity index (χ1) is 10.2. The van der Waals surface area contributed by atoms with Gasteiger partial charge in [-0.05, 0) is 36.4 Å². The van der Waals surface area contributed by atoms with Gasteiger partial charge in [0.2, 0.25) is 0 Å². The van der Waals surface area contributed by atoms with Crippen LogP contribution in [0.4, 0.5) is 5.69 Å². The Morgan fingerprint density at radius 3 is 2.95 bits per heavy atom. The molecule has 0 bridgehead atoms. The number of aromatic nitrogens is 1. The topological polar surface area (TPSA) is 54.1 Å². The third-order valence-electron chi connectivity index (χ3n) is 3.28. The summed E-state index contributed by atoms with van der Waals surface area (Å²) in [6.07, 6.45) is 2.28. The van der Waals surface area contributed by atoms with Gasteiger partial charge in [0.25, 0.3) is 0 Å². The summed E-state index contributed by atoms with van der Waals surface area (Å²) in [5.41, 5.74) is 2.22. The summed E-state index contributed by atoms with van der Waals surface area (Å²) in [5.74, 6) is -0.200. The predicted molar refractivity (Wildman–Crippen MR) is 85.7 cm³/mol. The van der Waals surface area contributed by atoms with Gasteiger partial charge in [-0.25, -0.2) is 0 Å². The molecule has 2 N–H and O–H groups in total. The van der Waals surface area contributed by atoms with Crippen molar-refractivity contribution in [3.8, 4) is 0 Å². The van der Waals surface area contributed by atoms with Gasteiger partial charge in [0.05, 0.1) is 13.5 Å². The van der Waals surface area contributed by atoms with Crippen molar-refractivity contribution in [1.29, 1.82) is 0 Å². The summed E-state index contributed by atoms with van der Waals surface area (Å²) in [6.45, 7) is 0.752. The van der Waals surface area contributed by atoms with Gasteiger partial charge in [0.1, 0.15) is 0 Å². The molecule has 2 aromatic heterocycles. The number of thiophene rings is 1. The molecule has 3 rings (SSSR count). The van der Waals surface area contributed by atoms with Gasteiger partial charge in [0, 0.05) is 39.1 Å². The molecule has 3 aromatic rings. The van der Waals surface area contributed by atoms with E-state index in [0.717, 1.165) is 22.6 Å². The zero-order chi connectivity index (χ0) is 14.7. The van der Waals surface area contributed by atoms with Crippen LogP contribution < -0.4 is 5.32 Å². The number of H-pyrrole nitrogens is 1. The number of carbonyl (C=O) groups is 1. The summed E-state index contributed by atoms with van der Waals surface area (Å²) in [5, 5.41) is 4.60. The standard InChI is InChI=1S/C16H16N2O2S/c1-20-16(19)9-13-3-4-14(21-13)10-18-12-2-5-15-11(8-12)6-7-17-15/h2-8,17-18H,9-10H2,1H3. The van der Waals surface area contributed by atoms with Gasteiger partial charge in [-0.1, -0.05) is 0 Å². The minimum absolute atomic E-state index is 0.200. The van der Waals surface area contributed by atoms with Crippen LogP contribution in [0.25, 0.3) is 10.9 Å².